The third kappa shape index (κ3) is 5.76. The number of hydrogen-bond donors (Lipinski definition) is 2. The van der Waals surface area contributed by atoms with E-state index in [4.69, 9.17) is 5.73 Å². The fourth-order valence-electron chi connectivity index (χ4n) is 2.07. The van der Waals surface area contributed by atoms with Gasteiger partial charge in [0.05, 0.1) is 5.75 Å². The van der Waals surface area contributed by atoms with Crippen LogP contribution in [0.4, 0.5) is 13.2 Å². The summed E-state index contributed by atoms with van der Waals surface area (Å²) in [5, 5.41) is 9.91. The molecule has 0 saturated heterocycles. The fourth-order valence-corrected chi connectivity index (χ4v) is 2.84. The number of amides is 2. The van der Waals surface area contributed by atoms with Crippen LogP contribution in [0, 0.1) is 6.92 Å². The summed E-state index contributed by atoms with van der Waals surface area (Å²) in [6.45, 7) is 0.261. The average molecular weight is 387 g/mol. The van der Waals surface area contributed by atoms with Crippen LogP contribution in [0.2, 0.25) is 0 Å². The zero-order chi connectivity index (χ0) is 19.3. The molecule has 2 amide bonds. The summed E-state index contributed by atoms with van der Waals surface area (Å²) in [5.41, 5.74) is 6.92. The second-order valence-corrected chi connectivity index (χ2v) is 6.35. The summed E-state index contributed by atoms with van der Waals surface area (Å²) >= 11 is 0.870. The van der Waals surface area contributed by atoms with Crippen molar-refractivity contribution in [3.8, 4) is 11.4 Å². The lowest BCUT2D eigenvalue weighted by molar-refractivity contribution is -0.136. The van der Waals surface area contributed by atoms with E-state index in [2.05, 4.69) is 10.2 Å². The average Bonchev–Trinajstić information content (AvgIpc) is 2.92. The van der Waals surface area contributed by atoms with Crippen LogP contribution in [-0.2, 0) is 16.1 Å². The summed E-state index contributed by atoms with van der Waals surface area (Å²) in [6, 6.07) is 7.31. The number of thioether (sulfide) groups is 1. The summed E-state index contributed by atoms with van der Waals surface area (Å²) in [7, 11) is 0. The van der Waals surface area contributed by atoms with E-state index < -0.39 is 24.5 Å². The molecule has 140 valence electrons. The highest BCUT2D eigenvalue weighted by atomic mass is 32.2. The van der Waals surface area contributed by atoms with Gasteiger partial charge in [-0.15, -0.1) is 10.2 Å². The molecular formula is C15H16F3N5O2S. The number of nitrogens with one attached hydrogen (secondary N) is 1. The first-order valence-corrected chi connectivity index (χ1v) is 8.39. The largest absolute Gasteiger partial charge is 0.405 e. The molecule has 1 aromatic carbocycles. The van der Waals surface area contributed by atoms with Crippen LogP contribution in [0.25, 0.3) is 11.4 Å². The fraction of sp³-hybridized carbons (Fsp3) is 0.333. The number of aromatic nitrogens is 3. The molecule has 0 radical (unpaired) electrons. The summed E-state index contributed by atoms with van der Waals surface area (Å²) in [4.78, 5) is 22.9. The first kappa shape index (κ1) is 19.8. The molecule has 0 aliphatic carbocycles. The highest BCUT2D eigenvalue weighted by Gasteiger charge is 2.27. The van der Waals surface area contributed by atoms with Gasteiger partial charge in [-0.25, -0.2) is 0 Å². The lowest BCUT2D eigenvalue weighted by Gasteiger charge is -2.10. The molecule has 2 aromatic rings. The standard InChI is InChI=1S/C15H16F3N5O2S/c1-9-3-2-4-10(5-9)13-21-22-14(23(13)6-11(19)24)26-7-12(25)20-8-15(16,17)18/h2-5H,6-8H2,1H3,(H2,19,24)(H,20,25). The minimum atomic E-state index is -4.48. The van der Waals surface area contributed by atoms with Crippen LogP contribution in [0.5, 0.6) is 0 Å². The number of rotatable bonds is 7. The number of nitrogens with zero attached hydrogens (tertiary/aromatic N) is 3. The maximum atomic E-state index is 12.1. The molecule has 0 bridgehead atoms. The number of carbonyl (C=O) groups is 2. The van der Waals surface area contributed by atoms with E-state index in [1.165, 1.54) is 4.57 Å². The second-order valence-electron chi connectivity index (χ2n) is 5.41. The third-order valence-corrected chi connectivity index (χ3v) is 4.09. The van der Waals surface area contributed by atoms with Crippen molar-refractivity contribution in [3.05, 3.63) is 29.8 Å². The van der Waals surface area contributed by atoms with Crippen LogP contribution < -0.4 is 11.1 Å². The first-order valence-electron chi connectivity index (χ1n) is 7.40. The topological polar surface area (TPSA) is 103 Å². The lowest BCUT2D eigenvalue weighted by atomic mass is 10.1. The molecule has 0 saturated carbocycles. The SMILES string of the molecule is Cc1cccc(-c2nnc(SCC(=O)NCC(F)(F)F)n2CC(N)=O)c1. The van der Waals surface area contributed by atoms with Crippen LogP contribution >= 0.6 is 11.8 Å². The van der Waals surface area contributed by atoms with Crippen molar-refractivity contribution in [1.29, 1.82) is 0 Å². The minimum absolute atomic E-state index is 0.211. The maximum Gasteiger partial charge on any atom is 0.405 e. The Balaban J connectivity index is 2.16. The number of nitrogens with two attached hydrogens (primary N) is 1. The van der Waals surface area contributed by atoms with Gasteiger partial charge in [-0.2, -0.15) is 13.2 Å². The molecule has 7 nitrogen and oxygen atoms in total. The van der Waals surface area contributed by atoms with Crippen molar-refractivity contribution in [1.82, 2.24) is 20.1 Å². The molecule has 1 aromatic heterocycles. The van der Waals surface area contributed by atoms with Gasteiger partial charge in [-0.3, -0.25) is 14.2 Å². The molecule has 2 rings (SSSR count). The van der Waals surface area contributed by atoms with Gasteiger partial charge in [0, 0.05) is 5.56 Å². The molecular weight excluding hydrogens is 371 g/mol. The molecule has 0 spiro atoms. The molecule has 11 heteroatoms. The van der Waals surface area contributed by atoms with E-state index in [9.17, 15) is 22.8 Å². The van der Waals surface area contributed by atoms with Crippen LogP contribution in [0.15, 0.2) is 29.4 Å². The molecule has 0 atom stereocenters. The van der Waals surface area contributed by atoms with Gasteiger partial charge in [-0.05, 0) is 13.0 Å². The lowest BCUT2D eigenvalue weighted by Crippen LogP contribution is -2.34. The quantitative estimate of drug-likeness (QED) is 0.701. The number of alkyl halides is 3. The minimum Gasteiger partial charge on any atom is -0.368 e. The van der Waals surface area contributed by atoms with Crippen molar-refractivity contribution in [2.24, 2.45) is 5.73 Å². The second kappa shape index (κ2) is 8.21. The van der Waals surface area contributed by atoms with Gasteiger partial charge < -0.3 is 11.1 Å². The van der Waals surface area contributed by atoms with Crippen LogP contribution in [0.3, 0.4) is 0 Å². The van der Waals surface area contributed by atoms with E-state index in [1.807, 2.05) is 25.1 Å². The molecule has 1 heterocycles. The molecule has 0 aliphatic heterocycles. The third-order valence-electron chi connectivity index (χ3n) is 3.13. The zero-order valence-electron chi connectivity index (χ0n) is 13.7. The molecule has 3 N–H and O–H groups in total. The Labute approximate surface area is 151 Å². The summed E-state index contributed by atoms with van der Waals surface area (Å²) in [5.74, 6) is -1.37. The normalized spacial score (nSPS) is 11.4. The Morgan fingerprint density at radius 2 is 2.04 bits per heavy atom. The Morgan fingerprint density at radius 3 is 2.65 bits per heavy atom. The van der Waals surface area contributed by atoms with Gasteiger partial charge in [0.2, 0.25) is 11.8 Å². The van der Waals surface area contributed by atoms with Gasteiger partial charge in [0.25, 0.3) is 0 Å². The molecule has 0 aliphatic rings. The predicted octanol–water partition coefficient (Wildman–Crippen LogP) is 1.51. The Kier molecular flexibility index (Phi) is 6.24. The maximum absolute atomic E-state index is 12.1. The van der Waals surface area contributed by atoms with E-state index in [0.717, 1.165) is 17.3 Å². The van der Waals surface area contributed by atoms with Gasteiger partial charge in [-0.1, -0.05) is 35.5 Å². The van der Waals surface area contributed by atoms with Crippen molar-refractivity contribution in [2.75, 3.05) is 12.3 Å². The highest BCUT2D eigenvalue weighted by Crippen LogP contribution is 2.24. The van der Waals surface area contributed by atoms with E-state index in [-0.39, 0.29) is 17.5 Å². The summed E-state index contributed by atoms with van der Waals surface area (Å²) < 4.78 is 37.8. The number of aryl methyl sites for hydroxylation is 1. The van der Waals surface area contributed by atoms with E-state index in [0.29, 0.717) is 11.4 Å². The Bertz CT molecular complexity index is 807. The van der Waals surface area contributed by atoms with E-state index in [1.54, 1.807) is 11.4 Å². The van der Waals surface area contributed by atoms with Crippen molar-refractivity contribution in [2.45, 2.75) is 24.8 Å². The van der Waals surface area contributed by atoms with Gasteiger partial charge in [0.15, 0.2) is 11.0 Å². The Morgan fingerprint density at radius 1 is 1.31 bits per heavy atom. The van der Waals surface area contributed by atoms with Crippen LogP contribution in [0.1, 0.15) is 5.56 Å². The summed E-state index contributed by atoms with van der Waals surface area (Å²) in [6.07, 6.45) is -4.48. The number of primary amides is 1. The molecule has 0 unspecified atom stereocenters. The number of halogens is 3. The monoisotopic (exact) mass is 387 g/mol. The van der Waals surface area contributed by atoms with Gasteiger partial charge >= 0.3 is 6.18 Å². The highest BCUT2D eigenvalue weighted by molar-refractivity contribution is 7.99. The van der Waals surface area contributed by atoms with Crippen molar-refractivity contribution < 1.29 is 22.8 Å². The number of benzene rings is 1. The van der Waals surface area contributed by atoms with Crippen molar-refractivity contribution in [3.63, 3.8) is 0 Å². The Hall–Kier alpha value is -2.56. The van der Waals surface area contributed by atoms with Gasteiger partial charge in [0.1, 0.15) is 13.1 Å². The number of carbonyl (C=O) groups excluding carboxylic acids is 2. The number of hydrogen-bond acceptors (Lipinski definition) is 5. The first-order chi connectivity index (χ1) is 12.2. The van der Waals surface area contributed by atoms with Crippen LogP contribution in [-0.4, -0.2) is 45.1 Å². The zero-order valence-corrected chi connectivity index (χ0v) is 14.5. The smallest absolute Gasteiger partial charge is 0.368 e. The molecule has 0 fully saturated rings. The predicted molar refractivity (Wildman–Crippen MR) is 89.2 cm³/mol. The molecule has 26 heavy (non-hydrogen) atoms. The van der Waals surface area contributed by atoms with Crippen molar-refractivity contribution >= 4 is 23.6 Å². The van der Waals surface area contributed by atoms with E-state index >= 15 is 0 Å².